The Bertz CT molecular complexity index is 269. The van der Waals surface area contributed by atoms with Crippen molar-refractivity contribution in [2.75, 3.05) is 7.11 Å². The minimum atomic E-state index is -0.275. The van der Waals surface area contributed by atoms with Crippen LogP contribution in [0.15, 0.2) is 28.7 Å². The lowest BCUT2D eigenvalue weighted by Gasteiger charge is -2.19. The van der Waals surface area contributed by atoms with Crippen molar-refractivity contribution in [3.05, 3.63) is 34.3 Å². The number of halogens is 1. The van der Waals surface area contributed by atoms with Gasteiger partial charge in [0.05, 0.1) is 6.10 Å². The molecule has 0 fully saturated rings. The predicted octanol–water partition coefficient (Wildman–Crippen LogP) is 3.52. The zero-order chi connectivity index (χ0) is 10.6. The van der Waals surface area contributed by atoms with Crippen molar-refractivity contribution in [3.8, 4) is 0 Å². The minimum absolute atomic E-state index is 0.156. The van der Waals surface area contributed by atoms with Crippen LogP contribution in [0, 0.1) is 0 Å². The Morgan fingerprint density at radius 2 is 1.71 bits per heavy atom. The summed E-state index contributed by atoms with van der Waals surface area (Å²) in [4.78, 5) is 0. The van der Waals surface area contributed by atoms with Crippen molar-refractivity contribution in [2.24, 2.45) is 0 Å². The number of rotatable bonds is 4. The maximum absolute atomic E-state index is 5.59. The Balaban J connectivity index is 2.73. The van der Waals surface area contributed by atoms with Crippen molar-refractivity contribution >= 4 is 15.9 Å². The van der Waals surface area contributed by atoms with Crippen LogP contribution in [0.1, 0.15) is 25.7 Å². The SMILES string of the molecule is COC(OC(C)C)c1ccc(Br)cc1. The highest BCUT2D eigenvalue weighted by molar-refractivity contribution is 9.10. The molecule has 0 N–H and O–H groups in total. The standard InChI is InChI=1S/C11H15BrO2/c1-8(2)14-11(13-3)9-4-6-10(12)7-5-9/h4-8,11H,1-3H3. The third kappa shape index (κ3) is 3.40. The molecule has 1 rings (SSSR count). The number of hydrogen-bond donors (Lipinski definition) is 0. The molecule has 0 amide bonds. The third-order valence-electron chi connectivity index (χ3n) is 1.75. The van der Waals surface area contributed by atoms with E-state index in [9.17, 15) is 0 Å². The first-order chi connectivity index (χ1) is 6.63. The summed E-state index contributed by atoms with van der Waals surface area (Å²) in [5.41, 5.74) is 1.03. The molecule has 0 saturated carbocycles. The Labute approximate surface area is 93.4 Å². The van der Waals surface area contributed by atoms with Crippen LogP contribution in [0.2, 0.25) is 0 Å². The van der Waals surface area contributed by atoms with Gasteiger partial charge in [-0.1, -0.05) is 28.1 Å². The van der Waals surface area contributed by atoms with Gasteiger partial charge < -0.3 is 9.47 Å². The molecule has 1 aromatic carbocycles. The Morgan fingerprint density at radius 1 is 1.14 bits per heavy atom. The summed E-state index contributed by atoms with van der Waals surface area (Å²) >= 11 is 3.39. The smallest absolute Gasteiger partial charge is 0.183 e. The third-order valence-corrected chi connectivity index (χ3v) is 2.28. The van der Waals surface area contributed by atoms with E-state index in [2.05, 4.69) is 15.9 Å². The molecule has 0 radical (unpaired) electrons. The highest BCUT2D eigenvalue weighted by Gasteiger charge is 2.11. The van der Waals surface area contributed by atoms with Gasteiger partial charge in [0.15, 0.2) is 6.29 Å². The van der Waals surface area contributed by atoms with E-state index in [-0.39, 0.29) is 12.4 Å². The molecule has 0 bridgehead atoms. The largest absolute Gasteiger partial charge is 0.352 e. The molecule has 0 heterocycles. The fourth-order valence-electron chi connectivity index (χ4n) is 1.14. The minimum Gasteiger partial charge on any atom is -0.352 e. The summed E-state index contributed by atoms with van der Waals surface area (Å²) in [6.07, 6.45) is -0.119. The van der Waals surface area contributed by atoms with E-state index in [4.69, 9.17) is 9.47 Å². The monoisotopic (exact) mass is 258 g/mol. The van der Waals surface area contributed by atoms with Crippen molar-refractivity contribution in [2.45, 2.75) is 26.2 Å². The highest BCUT2D eigenvalue weighted by Crippen LogP contribution is 2.21. The van der Waals surface area contributed by atoms with Crippen LogP contribution in [-0.2, 0) is 9.47 Å². The van der Waals surface area contributed by atoms with Crippen molar-refractivity contribution < 1.29 is 9.47 Å². The predicted molar refractivity (Wildman–Crippen MR) is 60.1 cm³/mol. The molecule has 0 spiro atoms. The lowest BCUT2D eigenvalue weighted by Crippen LogP contribution is -2.12. The van der Waals surface area contributed by atoms with E-state index in [1.165, 1.54) is 0 Å². The van der Waals surface area contributed by atoms with Crippen LogP contribution in [-0.4, -0.2) is 13.2 Å². The van der Waals surface area contributed by atoms with Gasteiger partial charge in [-0.3, -0.25) is 0 Å². The van der Waals surface area contributed by atoms with Gasteiger partial charge in [-0.25, -0.2) is 0 Å². The summed E-state index contributed by atoms with van der Waals surface area (Å²) < 4.78 is 11.9. The number of ether oxygens (including phenoxy) is 2. The number of hydrogen-bond acceptors (Lipinski definition) is 2. The molecule has 0 saturated heterocycles. The van der Waals surface area contributed by atoms with Crippen LogP contribution < -0.4 is 0 Å². The first kappa shape index (κ1) is 11.7. The van der Waals surface area contributed by atoms with Crippen molar-refractivity contribution in [1.82, 2.24) is 0 Å². The molecule has 2 nitrogen and oxygen atoms in total. The quantitative estimate of drug-likeness (QED) is 0.770. The van der Waals surface area contributed by atoms with Gasteiger partial charge in [-0.2, -0.15) is 0 Å². The summed E-state index contributed by atoms with van der Waals surface area (Å²) in [5, 5.41) is 0. The second kappa shape index (κ2) is 5.49. The first-order valence-corrected chi connectivity index (χ1v) is 5.36. The van der Waals surface area contributed by atoms with Gasteiger partial charge in [-0.15, -0.1) is 0 Å². The summed E-state index contributed by atoms with van der Waals surface area (Å²) in [5.74, 6) is 0. The van der Waals surface area contributed by atoms with Crippen LogP contribution in [0.5, 0.6) is 0 Å². The molecule has 14 heavy (non-hydrogen) atoms. The number of methoxy groups -OCH3 is 1. The molecular weight excluding hydrogens is 244 g/mol. The topological polar surface area (TPSA) is 18.5 Å². The maximum atomic E-state index is 5.59. The van der Waals surface area contributed by atoms with Crippen molar-refractivity contribution in [3.63, 3.8) is 0 Å². The Hall–Kier alpha value is -0.380. The molecule has 1 atom stereocenters. The lowest BCUT2D eigenvalue weighted by molar-refractivity contribution is -0.150. The molecule has 0 aromatic heterocycles. The average Bonchev–Trinajstić information content (AvgIpc) is 2.15. The number of benzene rings is 1. The van der Waals surface area contributed by atoms with Gasteiger partial charge in [-0.05, 0) is 26.0 Å². The van der Waals surface area contributed by atoms with Crippen LogP contribution in [0.3, 0.4) is 0 Å². The Kier molecular flexibility index (Phi) is 4.58. The molecule has 0 aliphatic carbocycles. The van der Waals surface area contributed by atoms with Gasteiger partial charge in [0.25, 0.3) is 0 Å². The van der Waals surface area contributed by atoms with Gasteiger partial charge in [0, 0.05) is 17.1 Å². The normalized spacial score (nSPS) is 13.2. The van der Waals surface area contributed by atoms with E-state index in [1.54, 1.807) is 7.11 Å². The van der Waals surface area contributed by atoms with Crippen LogP contribution >= 0.6 is 15.9 Å². The molecule has 1 aromatic rings. The fraction of sp³-hybridized carbons (Fsp3) is 0.455. The molecule has 3 heteroatoms. The van der Waals surface area contributed by atoms with Crippen LogP contribution in [0.4, 0.5) is 0 Å². The summed E-state index contributed by atoms with van der Waals surface area (Å²) in [6, 6.07) is 7.93. The molecule has 0 aliphatic rings. The molecule has 0 aliphatic heterocycles. The zero-order valence-corrected chi connectivity index (χ0v) is 10.2. The summed E-state index contributed by atoms with van der Waals surface area (Å²) in [7, 11) is 1.65. The molecular formula is C11H15BrO2. The highest BCUT2D eigenvalue weighted by atomic mass is 79.9. The second-order valence-electron chi connectivity index (χ2n) is 3.30. The zero-order valence-electron chi connectivity index (χ0n) is 8.66. The van der Waals surface area contributed by atoms with Gasteiger partial charge in [0.1, 0.15) is 0 Å². The lowest BCUT2D eigenvalue weighted by atomic mass is 10.2. The van der Waals surface area contributed by atoms with E-state index in [0.717, 1.165) is 10.0 Å². The van der Waals surface area contributed by atoms with Crippen LogP contribution in [0.25, 0.3) is 0 Å². The van der Waals surface area contributed by atoms with E-state index in [0.29, 0.717) is 0 Å². The van der Waals surface area contributed by atoms with Crippen molar-refractivity contribution in [1.29, 1.82) is 0 Å². The molecule has 78 valence electrons. The van der Waals surface area contributed by atoms with E-state index < -0.39 is 0 Å². The van der Waals surface area contributed by atoms with Gasteiger partial charge >= 0.3 is 0 Å². The summed E-state index contributed by atoms with van der Waals surface area (Å²) in [6.45, 7) is 3.98. The molecule has 1 unspecified atom stereocenters. The van der Waals surface area contributed by atoms with Gasteiger partial charge in [0.2, 0.25) is 0 Å². The van der Waals surface area contributed by atoms with E-state index >= 15 is 0 Å². The maximum Gasteiger partial charge on any atom is 0.183 e. The fourth-order valence-corrected chi connectivity index (χ4v) is 1.40. The van der Waals surface area contributed by atoms with E-state index in [1.807, 2.05) is 38.1 Å². The first-order valence-electron chi connectivity index (χ1n) is 4.57. The average molecular weight is 259 g/mol. The second-order valence-corrected chi connectivity index (χ2v) is 4.22. The Morgan fingerprint density at radius 3 is 2.14 bits per heavy atom.